The van der Waals surface area contributed by atoms with Gasteiger partial charge in [0.05, 0.1) is 10.9 Å². The summed E-state index contributed by atoms with van der Waals surface area (Å²) in [6, 6.07) is 18.4. The molecule has 6 nitrogen and oxygen atoms in total. The van der Waals surface area contributed by atoms with Gasteiger partial charge in [-0.05, 0) is 35.4 Å². The van der Waals surface area contributed by atoms with E-state index >= 15 is 0 Å². The van der Waals surface area contributed by atoms with Gasteiger partial charge in [-0.25, -0.2) is 8.42 Å². The Kier molecular flexibility index (Phi) is 6.06. The summed E-state index contributed by atoms with van der Waals surface area (Å²) in [5.74, 6) is 0.832. The lowest BCUT2D eigenvalue weighted by molar-refractivity contribution is -0.0498. The van der Waals surface area contributed by atoms with Crippen LogP contribution in [0.4, 0.5) is 8.78 Å². The number of rotatable bonds is 7. The van der Waals surface area contributed by atoms with Crippen molar-refractivity contribution in [3.05, 3.63) is 83.9 Å². The molecule has 4 rings (SSSR count). The third-order valence-corrected chi connectivity index (χ3v) is 6.09. The summed E-state index contributed by atoms with van der Waals surface area (Å²) in [5.41, 5.74) is 1.25. The average Bonchev–Trinajstić information content (AvgIpc) is 2.78. The van der Waals surface area contributed by atoms with E-state index in [9.17, 15) is 17.2 Å². The van der Waals surface area contributed by atoms with Gasteiger partial charge in [-0.2, -0.15) is 13.5 Å². The highest BCUT2D eigenvalue weighted by Gasteiger charge is 2.25. The summed E-state index contributed by atoms with van der Waals surface area (Å²) in [4.78, 5) is 0.0235. The van der Waals surface area contributed by atoms with Gasteiger partial charge >= 0.3 is 6.61 Å². The van der Waals surface area contributed by atoms with Crippen molar-refractivity contribution in [3.8, 4) is 17.2 Å². The van der Waals surface area contributed by atoms with Crippen LogP contribution in [0.1, 0.15) is 17.2 Å². The second-order valence-corrected chi connectivity index (χ2v) is 8.43. The minimum absolute atomic E-state index is 0.0137. The molecule has 0 aromatic heterocycles. The van der Waals surface area contributed by atoms with Crippen LogP contribution >= 0.6 is 0 Å². The number of ether oxygens (including phenoxy) is 3. The van der Waals surface area contributed by atoms with Crippen molar-refractivity contribution < 1.29 is 31.4 Å². The Balaban J connectivity index is 1.66. The lowest BCUT2D eigenvalue weighted by atomic mass is 10.00. The molecule has 1 heterocycles. The van der Waals surface area contributed by atoms with Crippen LogP contribution in [0.3, 0.4) is 0 Å². The summed E-state index contributed by atoms with van der Waals surface area (Å²) < 4.78 is 69.2. The maximum atomic E-state index is 13.2. The summed E-state index contributed by atoms with van der Waals surface area (Å²) in [6.07, 6.45) is 0. The molecule has 1 aliphatic heterocycles. The maximum absolute atomic E-state index is 13.2. The van der Waals surface area contributed by atoms with E-state index < -0.39 is 22.7 Å². The molecular weight excluding hydrogens is 428 g/mol. The first kappa shape index (κ1) is 21.1. The largest absolute Gasteiger partial charge is 0.486 e. The van der Waals surface area contributed by atoms with Gasteiger partial charge in [-0.1, -0.05) is 42.5 Å². The number of alkyl halides is 2. The van der Waals surface area contributed by atoms with E-state index in [-0.39, 0.29) is 10.6 Å². The van der Waals surface area contributed by atoms with Crippen molar-refractivity contribution in [3.63, 3.8) is 0 Å². The van der Waals surface area contributed by atoms with Crippen molar-refractivity contribution in [1.29, 1.82) is 0 Å². The van der Waals surface area contributed by atoms with E-state index in [0.717, 1.165) is 0 Å². The fourth-order valence-electron chi connectivity index (χ4n) is 3.23. The molecule has 3 aromatic rings. The molecule has 162 valence electrons. The third-order valence-electron chi connectivity index (χ3n) is 4.67. The molecule has 1 aliphatic rings. The van der Waals surface area contributed by atoms with Crippen LogP contribution in [0.2, 0.25) is 0 Å². The highest BCUT2D eigenvalue weighted by molar-refractivity contribution is 7.89. The van der Waals surface area contributed by atoms with Crippen molar-refractivity contribution in [2.45, 2.75) is 17.5 Å². The second-order valence-electron chi connectivity index (χ2n) is 6.72. The number of halogens is 2. The van der Waals surface area contributed by atoms with E-state index in [0.29, 0.717) is 35.8 Å². The predicted octanol–water partition coefficient (Wildman–Crippen LogP) is 4.13. The molecule has 0 saturated heterocycles. The SMILES string of the molecule is O=S(=O)(NC(c1ccccc1)c1ccc(OC(F)F)cc1)c1ccc2c(c1)OCCO2. The van der Waals surface area contributed by atoms with Gasteiger partial charge in [-0.15, -0.1) is 0 Å². The molecule has 1 atom stereocenters. The van der Waals surface area contributed by atoms with Gasteiger partial charge < -0.3 is 14.2 Å². The average molecular weight is 447 g/mol. The number of benzene rings is 3. The van der Waals surface area contributed by atoms with Crippen LogP contribution in [0.25, 0.3) is 0 Å². The van der Waals surface area contributed by atoms with Gasteiger partial charge in [0.1, 0.15) is 19.0 Å². The van der Waals surface area contributed by atoms with Crippen LogP contribution in [-0.4, -0.2) is 28.2 Å². The first-order valence-electron chi connectivity index (χ1n) is 9.44. The molecular formula is C22H19F2NO5S. The normalized spacial score (nSPS) is 14.3. The summed E-state index contributed by atoms with van der Waals surface area (Å²) >= 11 is 0. The number of sulfonamides is 1. The molecule has 0 saturated carbocycles. The van der Waals surface area contributed by atoms with Gasteiger partial charge in [-0.3, -0.25) is 0 Å². The number of hydrogen-bond donors (Lipinski definition) is 1. The van der Waals surface area contributed by atoms with E-state index in [4.69, 9.17) is 9.47 Å². The van der Waals surface area contributed by atoms with Crippen molar-refractivity contribution in [2.75, 3.05) is 13.2 Å². The van der Waals surface area contributed by atoms with E-state index in [1.54, 1.807) is 42.5 Å². The summed E-state index contributed by atoms with van der Waals surface area (Å²) in [5, 5.41) is 0. The predicted molar refractivity (Wildman–Crippen MR) is 109 cm³/mol. The Labute approximate surface area is 178 Å². The van der Waals surface area contributed by atoms with E-state index in [1.807, 2.05) is 6.07 Å². The van der Waals surface area contributed by atoms with Crippen molar-refractivity contribution in [1.82, 2.24) is 4.72 Å². The molecule has 0 amide bonds. The van der Waals surface area contributed by atoms with Gasteiger partial charge in [0, 0.05) is 6.07 Å². The summed E-state index contributed by atoms with van der Waals surface area (Å²) in [6.45, 7) is -2.20. The fraction of sp³-hybridized carbons (Fsp3) is 0.182. The zero-order valence-electron chi connectivity index (χ0n) is 16.2. The monoisotopic (exact) mass is 447 g/mol. The first-order valence-corrected chi connectivity index (χ1v) is 10.9. The standard InChI is InChI=1S/C22H19F2NO5S/c23-22(24)30-17-8-6-16(7-9-17)21(15-4-2-1-3-5-15)25-31(26,27)18-10-11-19-20(14-18)29-13-12-28-19/h1-11,14,21-22,25H,12-13H2. The molecule has 3 aromatic carbocycles. The van der Waals surface area contributed by atoms with Crippen LogP contribution in [0, 0.1) is 0 Å². The molecule has 0 bridgehead atoms. The molecule has 9 heteroatoms. The minimum Gasteiger partial charge on any atom is -0.486 e. The van der Waals surface area contributed by atoms with Crippen molar-refractivity contribution >= 4 is 10.0 Å². The van der Waals surface area contributed by atoms with Crippen LogP contribution < -0.4 is 18.9 Å². The Morgan fingerprint density at radius 2 is 1.48 bits per heavy atom. The molecule has 0 radical (unpaired) electrons. The van der Waals surface area contributed by atoms with Crippen LogP contribution in [-0.2, 0) is 10.0 Å². The van der Waals surface area contributed by atoms with Crippen LogP contribution in [0.5, 0.6) is 17.2 Å². The number of fused-ring (bicyclic) bond motifs is 1. The van der Waals surface area contributed by atoms with Gasteiger partial charge in [0.2, 0.25) is 10.0 Å². The first-order chi connectivity index (χ1) is 14.9. The lowest BCUT2D eigenvalue weighted by Gasteiger charge is -2.22. The fourth-order valence-corrected chi connectivity index (χ4v) is 4.46. The summed E-state index contributed by atoms with van der Waals surface area (Å²) in [7, 11) is -3.96. The molecule has 0 fully saturated rings. The van der Waals surface area contributed by atoms with E-state index in [1.165, 1.54) is 24.3 Å². The number of hydrogen-bond acceptors (Lipinski definition) is 5. The Bertz CT molecular complexity index is 1140. The van der Waals surface area contributed by atoms with Crippen LogP contribution in [0.15, 0.2) is 77.7 Å². The zero-order chi connectivity index (χ0) is 21.8. The zero-order valence-corrected chi connectivity index (χ0v) is 17.0. The second kappa shape index (κ2) is 8.91. The Morgan fingerprint density at radius 1 is 0.839 bits per heavy atom. The molecule has 31 heavy (non-hydrogen) atoms. The molecule has 1 N–H and O–H groups in total. The Morgan fingerprint density at radius 3 is 2.16 bits per heavy atom. The Hall–Kier alpha value is -3.17. The van der Waals surface area contributed by atoms with E-state index in [2.05, 4.69) is 9.46 Å². The van der Waals surface area contributed by atoms with Gasteiger partial charge in [0.15, 0.2) is 11.5 Å². The third kappa shape index (κ3) is 4.95. The highest BCUT2D eigenvalue weighted by atomic mass is 32.2. The minimum atomic E-state index is -3.96. The topological polar surface area (TPSA) is 73.9 Å². The molecule has 1 unspecified atom stereocenters. The molecule has 0 aliphatic carbocycles. The van der Waals surface area contributed by atoms with Gasteiger partial charge in [0.25, 0.3) is 0 Å². The maximum Gasteiger partial charge on any atom is 0.387 e. The van der Waals surface area contributed by atoms with Crippen molar-refractivity contribution in [2.24, 2.45) is 0 Å². The highest BCUT2D eigenvalue weighted by Crippen LogP contribution is 2.33. The molecule has 0 spiro atoms. The lowest BCUT2D eigenvalue weighted by Crippen LogP contribution is -2.29. The smallest absolute Gasteiger partial charge is 0.387 e. The quantitative estimate of drug-likeness (QED) is 0.590. The number of nitrogens with one attached hydrogen (secondary N) is 1.